The average molecular weight is 170 g/mol. The van der Waals surface area contributed by atoms with Gasteiger partial charge in [0.25, 0.3) is 0 Å². The molecule has 0 saturated carbocycles. The number of epoxide rings is 1. The Kier molecular flexibility index (Phi) is 1.48. The first-order valence-corrected chi connectivity index (χ1v) is 4.84. The van der Waals surface area contributed by atoms with Crippen molar-refractivity contribution in [3.8, 4) is 0 Å². The van der Waals surface area contributed by atoms with Crippen LogP contribution in [0.15, 0.2) is 0 Å². The number of hydrogen-bond acceptors (Lipinski definition) is 3. The molecule has 3 nitrogen and oxygen atoms in total. The highest BCUT2D eigenvalue weighted by Crippen LogP contribution is 2.46. The lowest BCUT2D eigenvalue weighted by Gasteiger charge is -2.37. The number of ether oxygens (including phenoxy) is 3. The van der Waals surface area contributed by atoms with E-state index in [2.05, 4.69) is 0 Å². The topological polar surface area (TPSA) is 31.0 Å². The van der Waals surface area contributed by atoms with E-state index in [-0.39, 0.29) is 11.9 Å². The maximum absolute atomic E-state index is 5.71. The van der Waals surface area contributed by atoms with Crippen molar-refractivity contribution in [3.63, 3.8) is 0 Å². The minimum atomic E-state index is -0.332. The Balaban J connectivity index is 1.78. The van der Waals surface area contributed by atoms with Crippen LogP contribution < -0.4 is 0 Å². The smallest absolute Gasteiger partial charge is 0.197 e. The van der Waals surface area contributed by atoms with Gasteiger partial charge in [0, 0.05) is 6.42 Å². The molecule has 0 aromatic rings. The molecule has 3 atom stereocenters. The quantitative estimate of drug-likeness (QED) is 0.509. The van der Waals surface area contributed by atoms with Crippen molar-refractivity contribution in [1.29, 1.82) is 0 Å². The summed E-state index contributed by atoms with van der Waals surface area (Å²) in [5, 5.41) is 0. The predicted octanol–water partition coefficient (Wildman–Crippen LogP) is 1.07. The summed E-state index contributed by atoms with van der Waals surface area (Å²) < 4.78 is 16.9. The third-order valence-electron chi connectivity index (χ3n) is 3.03. The molecule has 1 spiro atoms. The van der Waals surface area contributed by atoms with Crippen LogP contribution in [0.25, 0.3) is 0 Å². The first-order valence-electron chi connectivity index (χ1n) is 4.84. The van der Waals surface area contributed by atoms with Crippen molar-refractivity contribution in [2.24, 2.45) is 0 Å². The normalized spacial score (nSPS) is 52.0. The third-order valence-corrected chi connectivity index (χ3v) is 3.03. The van der Waals surface area contributed by atoms with Crippen molar-refractivity contribution in [2.45, 2.75) is 43.7 Å². The Morgan fingerprint density at radius 3 is 2.83 bits per heavy atom. The van der Waals surface area contributed by atoms with Crippen LogP contribution in [0.1, 0.15) is 25.7 Å². The highest BCUT2D eigenvalue weighted by atomic mass is 16.7. The second-order valence-electron chi connectivity index (χ2n) is 3.85. The van der Waals surface area contributed by atoms with Gasteiger partial charge in [-0.1, -0.05) is 0 Å². The highest BCUT2D eigenvalue weighted by Gasteiger charge is 2.59. The maximum atomic E-state index is 5.71. The average Bonchev–Trinajstić information content (AvgIpc) is 2.87. The van der Waals surface area contributed by atoms with Crippen molar-refractivity contribution < 1.29 is 14.2 Å². The number of fused-ring (bicyclic) bond motifs is 2. The summed E-state index contributed by atoms with van der Waals surface area (Å²) in [7, 11) is 0. The van der Waals surface area contributed by atoms with E-state index in [0.717, 1.165) is 26.1 Å². The molecule has 0 amide bonds. The molecular weight excluding hydrogens is 156 g/mol. The summed E-state index contributed by atoms with van der Waals surface area (Å²) in [6.45, 7) is 1.65. The zero-order valence-electron chi connectivity index (χ0n) is 7.12. The van der Waals surface area contributed by atoms with E-state index in [1.54, 1.807) is 0 Å². The molecule has 0 aromatic heterocycles. The summed E-state index contributed by atoms with van der Waals surface area (Å²) in [5.74, 6) is -0.332. The lowest BCUT2D eigenvalue weighted by Crippen LogP contribution is -2.47. The fourth-order valence-corrected chi connectivity index (χ4v) is 2.31. The Morgan fingerprint density at radius 1 is 1.08 bits per heavy atom. The summed E-state index contributed by atoms with van der Waals surface area (Å²) >= 11 is 0. The van der Waals surface area contributed by atoms with Crippen molar-refractivity contribution in [1.82, 2.24) is 0 Å². The van der Waals surface area contributed by atoms with Crippen LogP contribution in [0.5, 0.6) is 0 Å². The van der Waals surface area contributed by atoms with Gasteiger partial charge >= 0.3 is 0 Å². The van der Waals surface area contributed by atoms with Crippen LogP contribution >= 0.6 is 0 Å². The van der Waals surface area contributed by atoms with Gasteiger partial charge in [0.1, 0.15) is 6.10 Å². The minimum Gasteiger partial charge on any atom is -0.364 e. The molecule has 3 heteroatoms. The zero-order chi connectivity index (χ0) is 8.02. The SMILES string of the molecule is C1CC[C@@]2(OC1)OCC[C@H]1O[C@H]12. The standard InChI is InChI=1S/C9H14O3/c1-2-5-10-9(4-1)8-7(12-8)3-6-11-9/h7-8H,1-6H2/t7-,8-,9-/m1/s1. The molecule has 3 aliphatic heterocycles. The Bertz CT molecular complexity index is 181. The Morgan fingerprint density at radius 2 is 2.00 bits per heavy atom. The molecule has 12 heavy (non-hydrogen) atoms. The van der Waals surface area contributed by atoms with Gasteiger partial charge in [-0.2, -0.15) is 0 Å². The Hall–Kier alpha value is -0.120. The number of hydrogen-bond donors (Lipinski definition) is 0. The molecule has 0 bridgehead atoms. The molecule has 3 rings (SSSR count). The molecule has 0 radical (unpaired) electrons. The molecule has 3 saturated heterocycles. The largest absolute Gasteiger partial charge is 0.364 e. The van der Waals surface area contributed by atoms with E-state index < -0.39 is 0 Å². The summed E-state index contributed by atoms with van der Waals surface area (Å²) in [6.07, 6.45) is 5.15. The molecular formula is C9H14O3. The molecule has 3 fully saturated rings. The molecule has 0 N–H and O–H groups in total. The van der Waals surface area contributed by atoms with Crippen LogP contribution in [0, 0.1) is 0 Å². The monoisotopic (exact) mass is 170 g/mol. The molecule has 0 unspecified atom stereocenters. The van der Waals surface area contributed by atoms with Gasteiger partial charge in [-0.15, -0.1) is 0 Å². The second kappa shape index (κ2) is 2.44. The first kappa shape index (κ1) is 7.30. The molecule has 68 valence electrons. The molecule has 0 aromatic carbocycles. The third kappa shape index (κ3) is 0.934. The first-order chi connectivity index (χ1) is 5.91. The van der Waals surface area contributed by atoms with Crippen LogP contribution in [0.3, 0.4) is 0 Å². The molecule has 3 aliphatic rings. The summed E-state index contributed by atoms with van der Waals surface area (Å²) in [5.41, 5.74) is 0. The molecule has 0 aliphatic carbocycles. The predicted molar refractivity (Wildman–Crippen MR) is 41.8 cm³/mol. The van der Waals surface area contributed by atoms with Crippen molar-refractivity contribution in [3.05, 3.63) is 0 Å². The van der Waals surface area contributed by atoms with Gasteiger partial charge in [0.2, 0.25) is 0 Å². The van der Waals surface area contributed by atoms with E-state index in [1.165, 1.54) is 12.8 Å². The van der Waals surface area contributed by atoms with Gasteiger partial charge in [-0.3, -0.25) is 0 Å². The van der Waals surface area contributed by atoms with Gasteiger partial charge in [-0.05, 0) is 19.3 Å². The van der Waals surface area contributed by atoms with Crippen LogP contribution in [0.2, 0.25) is 0 Å². The van der Waals surface area contributed by atoms with Crippen molar-refractivity contribution in [2.75, 3.05) is 13.2 Å². The zero-order valence-corrected chi connectivity index (χ0v) is 7.12. The minimum absolute atomic E-state index is 0.256. The van der Waals surface area contributed by atoms with E-state index in [9.17, 15) is 0 Å². The van der Waals surface area contributed by atoms with E-state index in [1.807, 2.05) is 0 Å². The van der Waals surface area contributed by atoms with Gasteiger partial charge in [0.15, 0.2) is 5.79 Å². The lowest BCUT2D eigenvalue weighted by molar-refractivity contribution is -0.270. The van der Waals surface area contributed by atoms with Crippen LogP contribution in [0.4, 0.5) is 0 Å². The van der Waals surface area contributed by atoms with Gasteiger partial charge in [-0.25, -0.2) is 0 Å². The van der Waals surface area contributed by atoms with E-state index >= 15 is 0 Å². The van der Waals surface area contributed by atoms with E-state index in [4.69, 9.17) is 14.2 Å². The fraction of sp³-hybridized carbons (Fsp3) is 1.00. The molecule has 3 heterocycles. The van der Waals surface area contributed by atoms with Crippen molar-refractivity contribution >= 4 is 0 Å². The maximum Gasteiger partial charge on any atom is 0.197 e. The van der Waals surface area contributed by atoms with Gasteiger partial charge in [0.05, 0.1) is 19.3 Å². The van der Waals surface area contributed by atoms with Crippen LogP contribution in [-0.4, -0.2) is 31.2 Å². The lowest BCUT2D eigenvalue weighted by atomic mass is 9.97. The fourth-order valence-electron chi connectivity index (χ4n) is 2.31. The number of rotatable bonds is 0. The summed E-state index contributed by atoms with van der Waals surface area (Å²) in [4.78, 5) is 0. The van der Waals surface area contributed by atoms with E-state index in [0.29, 0.717) is 6.10 Å². The second-order valence-corrected chi connectivity index (χ2v) is 3.85. The highest BCUT2D eigenvalue weighted by molar-refractivity contribution is 5.01. The van der Waals surface area contributed by atoms with Crippen LogP contribution in [-0.2, 0) is 14.2 Å². The van der Waals surface area contributed by atoms with Gasteiger partial charge < -0.3 is 14.2 Å². The Labute approximate surface area is 72.0 Å². The summed E-state index contributed by atoms with van der Waals surface area (Å²) in [6, 6.07) is 0.